The number of nitrogens with one attached hydrogen (secondary N) is 1. The molecule has 19 heavy (non-hydrogen) atoms. The highest BCUT2D eigenvalue weighted by molar-refractivity contribution is 5.99. The molecule has 0 spiro atoms. The highest BCUT2D eigenvalue weighted by Crippen LogP contribution is 2.18. The number of ether oxygens (including phenoxy) is 1. The van der Waals surface area contributed by atoms with Crippen molar-refractivity contribution < 1.29 is 18.7 Å². The van der Waals surface area contributed by atoms with E-state index in [9.17, 15) is 14.0 Å². The lowest BCUT2D eigenvalue weighted by Gasteiger charge is -2.17. The first kappa shape index (κ1) is 15.1. The number of halogens is 1. The van der Waals surface area contributed by atoms with E-state index in [-0.39, 0.29) is 29.5 Å². The second-order valence-electron chi connectivity index (χ2n) is 5.21. The van der Waals surface area contributed by atoms with Crippen LogP contribution in [0.15, 0.2) is 18.2 Å². The zero-order valence-electron chi connectivity index (χ0n) is 11.5. The first-order valence-electron chi connectivity index (χ1n) is 5.90. The number of carbonyl (C=O) groups excluding carboxylic acids is 2. The van der Waals surface area contributed by atoms with Crippen molar-refractivity contribution in [1.29, 1.82) is 0 Å². The van der Waals surface area contributed by atoms with Crippen LogP contribution in [0.3, 0.4) is 0 Å². The van der Waals surface area contributed by atoms with Gasteiger partial charge in [-0.2, -0.15) is 0 Å². The van der Waals surface area contributed by atoms with Gasteiger partial charge in [0, 0.05) is 11.0 Å². The topological polar surface area (TPSA) is 55.4 Å². The summed E-state index contributed by atoms with van der Waals surface area (Å²) in [6.07, 6.45) is 0. The molecule has 0 saturated heterocycles. The van der Waals surface area contributed by atoms with Crippen LogP contribution in [0, 0.1) is 11.2 Å². The Bertz CT molecular complexity index is 492. The highest BCUT2D eigenvalue weighted by Gasteiger charge is 2.21. The summed E-state index contributed by atoms with van der Waals surface area (Å²) in [7, 11) is 1.35. The summed E-state index contributed by atoms with van der Waals surface area (Å²) < 4.78 is 18.2. The van der Waals surface area contributed by atoms with Crippen LogP contribution in [-0.4, -0.2) is 25.3 Å². The molecule has 1 N–H and O–H groups in total. The Morgan fingerprint density at radius 2 is 1.95 bits per heavy atom. The van der Waals surface area contributed by atoms with E-state index in [1.807, 2.05) is 0 Å². The maximum atomic E-state index is 13.4. The molecule has 1 rings (SSSR count). The molecule has 0 radical (unpaired) electrons. The molecule has 0 aliphatic carbocycles. The molecule has 0 saturated carbocycles. The number of carbonyl (C=O) groups is 2. The van der Waals surface area contributed by atoms with Crippen molar-refractivity contribution in [3.63, 3.8) is 0 Å². The van der Waals surface area contributed by atoms with E-state index < -0.39 is 11.2 Å². The maximum Gasteiger partial charge on any atom is 0.225 e. The van der Waals surface area contributed by atoms with Crippen LogP contribution < -0.4 is 10.1 Å². The van der Waals surface area contributed by atoms with Gasteiger partial charge in [0.05, 0.1) is 13.7 Å². The molecule has 1 aromatic carbocycles. The Morgan fingerprint density at radius 3 is 2.42 bits per heavy atom. The highest BCUT2D eigenvalue weighted by atomic mass is 19.1. The Balaban J connectivity index is 2.69. The fourth-order valence-electron chi connectivity index (χ4n) is 1.37. The van der Waals surface area contributed by atoms with E-state index in [2.05, 4.69) is 5.32 Å². The van der Waals surface area contributed by atoms with Gasteiger partial charge in [0.2, 0.25) is 5.91 Å². The van der Waals surface area contributed by atoms with Gasteiger partial charge >= 0.3 is 0 Å². The molecule has 0 aliphatic rings. The lowest BCUT2D eigenvalue weighted by atomic mass is 9.95. The molecule has 1 aromatic rings. The average Bonchev–Trinajstić information content (AvgIpc) is 2.34. The van der Waals surface area contributed by atoms with Crippen molar-refractivity contribution in [2.45, 2.75) is 20.8 Å². The molecule has 0 fully saturated rings. The summed E-state index contributed by atoms with van der Waals surface area (Å²) in [5.74, 6) is -1.10. The van der Waals surface area contributed by atoms with Crippen LogP contribution in [0.2, 0.25) is 0 Å². The van der Waals surface area contributed by atoms with Crippen LogP contribution in [0.25, 0.3) is 0 Å². The first-order chi connectivity index (χ1) is 8.75. The third kappa shape index (κ3) is 4.05. The molecule has 0 heterocycles. The summed E-state index contributed by atoms with van der Waals surface area (Å²) in [5, 5.41) is 2.53. The number of amides is 1. The van der Waals surface area contributed by atoms with Gasteiger partial charge < -0.3 is 10.1 Å². The van der Waals surface area contributed by atoms with Crippen LogP contribution in [-0.2, 0) is 4.79 Å². The van der Waals surface area contributed by atoms with E-state index in [1.165, 1.54) is 19.2 Å². The van der Waals surface area contributed by atoms with Crippen LogP contribution >= 0.6 is 0 Å². The van der Waals surface area contributed by atoms with E-state index >= 15 is 0 Å². The van der Waals surface area contributed by atoms with Crippen molar-refractivity contribution in [3.05, 3.63) is 29.6 Å². The Morgan fingerprint density at radius 1 is 1.32 bits per heavy atom. The summed E-state index contributed by atoms with van der Waals surface area (Å²) in [5.41, 5.74) is -0.363. The molecule has 0 atom stereocenters. The number of hydrogen-bond acceptors (Lipinski definition) is 3. The minimum Gasteiger partial charge on any atom is -0.494 e. The quantitative estimate of drug-likeness (QED) is 0.851. The molecule has 1 amide bonds. The minimum atomic E-state index is -0.601. The fourth-order valence-corrected chi connectivity index (χ4v) is 1.37. The number of benzene rings is 1. The van der Waals surface area contributed by atoms with E-state index in [4.69, 9.17) is 4.74 Å². The lowest BCUT2D eigenvalue weighted by molar-refractivity contribution is -0.128. The molecule has 0 aliphatic heterocycles. The molecule has 4 nitrogen and oxygen atoms in total. The predicted octanol–water partition coefficient (Wildman–Crippen LogP) is 2.18. The predicted molar refractivity (Wildman–Crippen MR) is 69.7 cm³/mol. The summed E-state index contributed by atoms with van der Waals surface area (Å²) in [4.78, 5) is 23.4. The smallest absolute Gasteiger partial charge is 0.225 e. The number of methoxy groups -OCH3 is 1. The van der Waals surface area contributed by atoms with Gasteiger partial charge in [0.25, 0.3) is 0 Å². The lowest BCUT2D eigenvalue weighted by Crippen LogP contribution is -2.37. The van der Waals surface area contributed by atoms with E-state index in [1.54, 1.807) is 20.8 Å². The van der Waals surface area contributed by atoms with Gasteiger partial charge in [-0.3, -0.25) is 9.59 Å². The van der Waals surface area contributed by atoms with Crippen molar-refractivity contribution in [1.82, 2.24) is 5.32 Å². The van der Waals surface area contributed by atoms with Gasteiger partial charge in [-0.1, -0.05) is 20.8 Å². The maximum absolute atomic E-state index is 13.4. The monoisotopic (exact) mass is 267 g/mol. The molecule has 5 heteroatoms. The summed E-state index contributed by atoms with van der Waals surface area (Å²) in [6, 6.07) is 3.95. The fraction of sp³-hybridized carbons (Fsp3) is 0.429. The Kier molecular flexibility index (Phi) is 4.64. The van der Waals surface area contributed by atoms with Crippen molar-refractivity contribution in [3.8, 4) is 5.75 Å². The van der Waals surface area contributed by atoms with Crippen molar-refractivity contribution >= 4 is 11.7 Å². The molecular formula is C14H18FNO3. The molecule has 0 bridgehead atoms. The Labute approximate surface area is 112 Å². The van der Waals surface area contributed by atoms with Gasteiger partial charge in [-0.25, -0.2) is 4.39 Å². The zero-order chi connectivity index (χ0) is 14.6. The third-order valence-electron chi connectivity index (χ3n) is 2.56. The first-order valence-corrected chi connectivity index (χ1v) is 5.90. The van der Waals surface area contributed by atoms with Gasteiger partial charge in [-0.15, -0.1) is 0 Å². The van der Waals surface area contributed by atoms with Crippen molar-refractivity contribution in [2.75, 3.05) is 13.7 Å². The Hall–Kier alpha value is -1.91. The molecule has 0 aromatic heterocycles. The summed E-state index contributed by atoms with van der Waals surface area (Å²) in [6.45, 7) is 5.10. The van der Waals surface area contributed by atoms with Gasteiger partial charge in [0.1, 0.15) is 0 Å². The van der Waals surface area contributed by atoms with Gasteiger partial charge in [0.15, 0.2) is 17.3 Å². The molecular weight excluding hydrogens is 249 g/mol. The molecule has 104 valence electrons. The normalized spacial score (nSPS) is 11.0. The number of rotatable bonds is 4. The molecule has 0 unspecified atom stereocenters. The van der Waals surface area contributed by atoms with Crippen LogP contribution in [0.5, 0.6) is 5.75 Å². The standard InChI is InChI=1S/C14H18FNO3/c1-14(2,3)13(18)16-8-11(17)9-5-6-12(19-4)10(15)7-9/h5-7H,8H2,1-4H3,(H,16,18). The largest absolute Gasteiger partial charge is 0.494 e. The van der Waals surface area contributed by atoms with Crippen LogP contribution in [0.1, 0.15) is 31.1 Å². The third-order valence-corrected chi connectivity index (χ3v) is 2.56. The second-order valence-corrected chi connectivity index (χ2v) is 5.21. The second kappa shape index (κ2) is 5.82. The van der Waals surface area contributed by atoms with E-state index in [0.717, 1.165) is 6.07 Å². The van der Waals surface area contributed by atoms with Gasteiger partial charge in [-0.05, 0) is 18.2 Å². The van der Waals surface area contributed by atoms with Crippen LogP contribution in [0.4, 0.5) is 4.39 Å². The average molecular weight is 267 g/mol. The van der Waals surface area contributed by atoms with Crippen molar-refractivity contribution in [2.24, 2.45) is 5.41 Å². The number of Topliss-reactive ketones (excluding diaryl/α,β-unsaturated/α-hetero) is 1. The minimum absolute atomic E-state index is 0.0790. The summed E-state index contributed by atoms with van der Waals surface area (Å²) >= 11 is 0. The number of hydrogen-bond donors (Lipinski definition) is 1. The number of ketones is 1. The van der Waals surface area contributed by atoms with E-state index in [0.29, 0.717) is 0 Å². The zero-order valence-corrected chi connectivity index (χ0v) is 11.5. The SMILES string of the molecule is COc1ccc(C(=O)CNC(=O)C(C)(C)C)cc1F.